The highest BCUT2D eigenvalue weighted by Crippen LogP contribution is 2.26. The molecule has 0 radical (unpaired) electrons. The van der Waals surface area contributed by atoms with Crippen molar-refractivity contribution in [3.8, 4) is 0 Å². The molecule has 0 aliphatic carbocycles. The van der Waals surface area contributed by atoms with Gasteiger partial charge in [-0.3, -0.25) is 4.79 Å². The number of amides is 1. The van der Waals surface area contributed by atoms with E-state index in [1.807, 2.05) is 37.3 Å². The number of carbonyl (C=O) groups excluding carboxylic acids is 3. The third kappa shape index (κ3) is 6.93. The van der Waals surface area contributed by atoms with Crippen LogP contribution in [0.5, 0.6) is 0 Å². The average Bonchev–Trinajstić information content (AvgIpc) is 2.80. The summed E-state index contributed by atoms with van der Waals surface area (Å²) in [7, 11) is 1.53. The van der Waals surface area contributed by atoms with E-state index >= 15 is 0 Å². The molecule has 166 valence electrons. The van der Waals surface area contributed by atoms with Crippen molar-refractivity contribution < 1.29 is 28.6 Å². The topological polar surface area (TPSA) is 82.1 Å². The SMILES string of the molecule is CCCCOCC(=O)N(C)c1cccc(C(=O)OCc2ccccc2)c1C(=O)OCC. The lowest BCUT2D eigenvalue weighted by molar-refractivity contribution is -0.122. The fourth-order valence-corrected chi connectivity index (χ4v) is 2.85. The molecule has 2 aromatic carbocycles. The second-order valence-corrected chi connectivity index (χ2v) is 6.84. The van der Waals surface area contributed by atoms with Crippen LogP contribution in [0, 0.1) is 0 Å². The van der Waals surface area contributed by atoms with Crippen molar-refractivity contribution in [3.63, 3.8) is 0 Å². The summed E-state index contributed by atoms with van der Waals surface area (Å²) in [5.74, 6) is -1.71. The summed E-state index contributed by atoms with van der Waals surface area (Å²) in [5, 5.41) is 0. The Bertz CT molecular complexity index is 881. The zero-order valence-electron chi connectivity index (χ0n) is 18.3. The molecule has 0 aromatic heterocycles. The monoisotopic (exact) mass is 427 g/mol. The minimum atomic E-state index is -0.698. The van der Waals surface area contributed by atoms with Crippen LogP contribution in [0.2, 0.25) is 0 Å². The van der Waals surface area contributed by atoms with Crippen molar-refractivity contribution in [2.75, 3.05) is 31.8 Å². The number of likely N-dealkylation sites (N-methyl/N-ethyl adjacent to an activating group) is 1. The molecule has 0 aliphatic heterocycles. The Kier molecular flexibility index (Phi) is 9.71. The highest BCUT2D eigenvalue weighted by atomic mass is 16.5. The quantitative estimate of drug-likeness (QED) is 0.398. The Balaban J connectivity index is 2.26. The molecule has 2 aromatic rings. The molecule has 2 rings (SSSR count). The van der Waals surface area contributed by atoms with Crippen LogP contribution in [0.3, 0.4) is 0 Å². The van der Waals surface area contributed by atoms with E-state index in [0.29, 0.717) is 6.61 Å². The predicted octanol–water partition coefficient (Wildman–Crippen LogP) is 4.00. The number of ether oxygens (including phenoxy) is 3. The Labute approximate surface area is 182 Å². The molecule has 0 saturated heterocycles. The van der Waals surface area contributed by atoms with Gasteiger partial charge in [0, 0.05) is 13.7 Å². The molecule has 31 heavy (non-hydrogen) atoms. The van der Waals surface area contributed by atoms with Crippen LogP contribution >= 0.6 is 0 Å². The largest absolute Gasteiger partial charge is 0.462 e. The first kappa shape index (κ1) is 24.1. The van der Waals surface area contributed by atoms with Gasteiger partial charge in [-0.05, 0) is 31.0 Å². The Morgan fingerprint density at radius 2 is 1.65 bits per heavy atom. The molecule has 0 N–H and O–H groups in total. The maximum absolute atomic E-state index is 12.8. The number of rotatable bonds is 11. The predicted molar refractivity (Wildman–Crippen MR) is 117 cm³/mol. The molecule has 7 nitrogen and oxygen atoms in total. The first-order valence-electron chi connectivity index (χ1n) is 10.3. The molecule has 0 heterocycles. The van der Waals surface area contributed by atoms with Gasteiger partial charge in [-0.25, -0.2) is 9.59 Å². The maximum Gasteiger partial charge on any atom is 0.341 e. The Hall–Kier alpha value is -3.19. The van der Waals surface area contributed by atoms with Gasteiger partial charge in [-0.1, -0.05) is 49.7 Å². The van der Waals surface area contributed by atoms with E-state index in [9.17, 15) is 14.4 Å². The lowest BCUT2D eigenvalue weighted by Gasteiger charge is -2.21. The second-order valence-electron chi connectivity index (χ2n) is 6.84. The van der Waals surface area contributed by atoms with E-state index in [0.717, 1.165) is 18.4 Å². The van der Waals surface area contributed by atoms with Gasteiger partial charge in [-0.2, -0.15) is 0 Å². The summed E-state index contributed by atoms with van der Waals surface area (Å²) < 4.78 is 15.9. The minimum Gasteiger partial charge on any atom is -0.462 e. The highest BCUT2D eigenvalue weighted by Gasteiger charge is 2.26. The van der Waals surface area contributed by atoms with E-state index in [1.165, 1.54) is 18.0 Å². The molecule has 0 unspecified atom stereocenters. The average molecular weight is 427 g/mol. The van der Waals surface area contributed by atoms with Crippen LogP contribution in [0.15, 0.2) is 48.5 Å². The van der Waals surface area contributed by atoms with Crippen LogP contribution in [0.25, 0.3) is 0 Å². The first-order valence-corrected chi connectivity index (χ1v) is 10.3. The van der Waals surface area contributed by atoms with E-state index in [-0.39, 0.29) is 42.5 Å². The van der Waals surface area contributed by atoms with E-state index in [2.05, 4.69) is 0 Å². The van der Waals surface area contributed by atoms with Gasteiger partial charge in [-0.15, -0.1) is 0 Å². The highest BCUT2D eigenvalue weighted by molar-refractivity contribution is 6.10. The van der Waals surface area contributed by atoms with E-state index < -0.39 is 11.9 Å². The molecule has 0 bridgehead atoms. The first-order chi connectivity index (χ1) is 15.0. The van der Waals surface area contributed by atoms with Crippen molar-refractivity contribution >= 4 is 23.5 Å². The van der Waals surface area contributed by atoms with Gasteiger partial charge in [0.2, 0.25) is 0 Å². The van der Waals surface area contributed by atoms with Crippen LogP contribution in [-0.4, -0.2) is 44.7 Å². The summed E-state index contributed by atoms with van der Waals surface area (Å²) in [5.41, 5.74) is 1.11. The molecular weight excluding hydrogens is 398 g/mol. The number of unbranched alkanes of at least 4 members (excludes halogenated alkanes) is 1. The Morgan fingerprint density at radius 1 is 0.903 bits per heavy atom. The molecule has 1 amide bonds. The lowest BCUT2D eigenvalue weighted by Crippen LogP contribution is -2.32. The van der Waals surface area contributed by atoms with E-state index in [4.69, 9.17) is 14.2 Å². The van der Waals surface area contributed by atoms with E-state index in [1.54, 1.807) is 19.1 Å². The van der Waals surface area contributed by atoms with Gasteiger partial charge < -0.3 is 19.1 Å². The zero-order chi connectivity index (χ0) is 22.6. The third-order valence-corrected chi connectivity index (χ3v) is 4.56. The van der Waals surface area contributed by atoms with Crippen molar-refractivity contribution in [3.05, 3.63) is 65.2 Å². The number of carbonyl (C=O) groups is 3. The molecule has 7 heteroatoms. The van der Waals surface area contributed by atoms with Crippen LogP contribution in [0.4, 0.5) is 5.69 Å². The van der Waals surface area contributed by atoms with Gasteiger partial charge in [0.05, 0.1) is 23.4 Å². The summed E-state index contributed by atoms with van der Waals surface area (Å²) in [6.07, 6.45) is 1.82. The number of esters is 2. The maximum atomic E-state index is 12.8. The van der Waals surface area contributed by atoms with Crippen LogP contribution in [-0.2, 0) is 25.6 Å². The van der Waals surface area contributed by atoms with Gasteiger partial charge >= 0.3 is 11.9 Å². The fourth-order valence-electron chi connectivity index (χ4n) is 2.85. The number of anilines is 1. The summed E-state index contributed by atoms with van der Waals surface area (Å²) in [6, 6.07) is 13.9. The van der Waals surface area contributed by atoms with Gasteiger partial charge in [0.15, 0.2) is 0 Å². The third-order valence-electron chi connectivity index (χ3n) is 4.56. The van der Waals surface area contributed by atoms with Crippen molar-refractivity contribution in [2.45, 2.75) is 33.3 Å². The molecule has 0 aliphatic rings. The van der Waals surface area contributed by atoms with Crippen molar-refractivity contribution in [1.29, 1.82) is 0 Å². The number of nitrogens with zero attached hydrogens (tertiary/aromatic N) is 1. The number of hydrogen-bond acceptors (Lipinski definition) is 6. The van der Waals surface area contributed by atoms with Gasteiger partial charge in [0.1, 0.15) is 13.2 Å². The Morgan fingerprint density at radius 3 is 2.32 bits per heavy atom. The summed E-state index contributed by atoms with van der Waals surface area (Å²) in [6.45, 7) is 4.25. The second kappa shape index (κ2) is 12.5. The van der Waals surface area contributed by atoms with Gasteiger partial charge in [0.25, 0.3) is 5.91 Å². The zero-order valence-corrected chi connectivity index (χ0v) is 18.3. The minimum absolute atomic E-state index is 0.00757. The smallest absolute Gasteiger partial charge is 0.341 e. The number of hydrogen-bond donors (Lipinski definition) is 0. The summed E-state index contributed by atoms with van der Waals surface area (Å²) >= 11 is 0. The summed E-state index contributed by atoms with van der Waals surface area (Å²) in [4.78, 5) is 39.3. The fraction of sp³-hybridized carbons (Fsp3) is 0.375. The van der Waals surface area contributed by atoms with Crippen molar-refractivity contribution in [1.82, 2.24) is 0 Å². The molecule has 0 saturated carbocycles. The molecule has 0 atom stereocenters. The molecule has 0 spiro atoms. The van der Waals surface area contributed by atoms with Crippen LogP contribution in [0.1, 0.15) is 53.0 Å². The van der Waals surface area contributed by atoms with Crippen LogP contribution < -0.4 is 4.90 Å². The molecule has 0 fully saturated rings. The molecular formula is C24H29NO6. The lowest BCUT2D eigenvalue weighted by atomic mass is 10.0. The van der Waals surface area contributed by atoms with Crippen molar-refractivity contribution in [2.24, 2.45) is 0 Å². The number of benzene rings is 2. The standard InChI is InChI=1S/C24H29NO6/c1-4-6-15-29-17-21(26)25(3)20-14-10-13-19(22(20)24(28)30-5-2)23(27)31-16-18-11-8-7-9-12-18/h7-14H,4-6,15-17H2,1-3H3. The normalized spacial score (nSPS) is 10.4.